The van der Waals surface area contributed by atoms with Crippen LogP contribution in [0.2, 0.25) is 0 Å². The van der Waals surface area contributed by atoms with E-state index in [0.717, 1.165) is 17.7 Å². The second-order valence-corrected chi connectivity index (χ2v) is 5.79. The SMILES string of the molecule is Nc1nc(Sc2ccc3c(c2)CCC3)ccc1[N+](=O)[O-]. The quantitative estimate of drug-likeness (QED) is 0.692. The molecule has 0 spiro atoms. The first-order chi connectivity index (χ1) is 9.63. The molecule has 20 heavy (non-hydrogen) atoms. The zero-order valence-corrected chi connectivity index (χ0v) is 11.5. The molecule has 1 aliphatic rings. The van der Waals surface area contributed by atoms with Crippen LogP contribution in [0.15, 0.2) is 40.3 Å². The highest BCUT2D eigenvalue weighted by Gasteiger charge is 2.15. The molecule has 5 nitrogen and oxygen atoms in total. The molecule has 1 aromatic heterocycles. The van der Waals surface area contributed by atoms with Gasteiger partial charge < -0.3 is 5.73 Å². The highest BCUT2D eigenvalue weighted by molar-refractivity contribution is 7.99. The number of rotatable bonds is 3. The molecule has 1 heterocycles. The summed E-state index contributed by atoms with van der Waals surface area (Å²) in [6.07, 6.45) is 3.49. The lowest BCUT2D eigenvalue weighted by Gasteiger charge is -2.05. The fraction of sp³-hybridized carbons (Fsp3) is 0.214. The number of anilines is 1. The maximum absolute atomic E-state index is 10.7. The smallest absolute Gasteiger partial charge is 0.311 e. The highest BCUT2D eigenvalue weighted by Crippen LogP contribution is 2.32. The van der Waals surface area contributed by atoms with Gasteiger partial charge in [0, 0.05) is 11.0 Å². The van der Waals surface area contributed by atoms with Crippen molar-refractivity contribution in [1.82, 2.24) is 4.98 Å². The fourth-order valence-corrected chi connectivity index (χ4v) is 3.25. The van der Waals surface area contributed by atoms with Crippen LogP contribution < -0.4 is 5.73 Å². The molecule has 1 aromatic carbocycles. The van der Waals surface area contributed by atoms with Crippen molar-refractivity contribution in [3.05, 3.63) is 51.6 Å². The molecule has 2 aromatic rings. The van der Waals surface area contributed by atoms with Gasteiger partial charge in [0.1, 0.15) is 5.03 Å². The third kappa shape index (κ3) is 2.46. The first-order valence-electron chi connectivity index (χ1n) is 6.34. The van der Waals surface area contributed by atoms with Crippen LogP contribution in [0.5, 0.6) is 0 Å². The van der Waals surface area contributed by atoms with E-state index < -0.39 is 4.92 Å². The minimum atomic E-state index is -0.522. The van der Waals surface area contributed by atoms with E-state index in [1.54, 1.807) is 6.07 Å². The molecule has 102 valence electrons. The summed E-state index contributed by atoms with van der Waals surface area (Å²) in [4.78, 5) is 15.3. The van der Waals surface area contributed by atoms with Gasteiger partial charge in [-0.05, 0) is 48.6 Å². The van der Waals surface area contributed by atoms with Gasteiger partial charge in [-0.1, -0.05) is 17.8 Å². The van der Waals surface area contributed by atoms with Gasteiger partial charge in [-0.2, -0.15) is 0 Å². The van der Waals surface area contributed by atoms with Gasteiger partial charge in [0.2, 0.25) is 5.82 Å². The molecular formula is C14H13N3O2S. The summed E-state index contributed by atoms with van der Waals surface area (Å²) in [5.74, 6) is -0.0406. The number of aryl methyl sites for hydroxylation is 2. The van der Waals surface area contributed by atoms with Gasteiger partial charge >= 0.3 is 5.69 Å². The molecule has 0 amide bonds. The minimum Gasteiger partial charge on any atom is -0.378 e. The number of benzene rings is 1. The number of fused-ring (bicyclic) bond motifs is 1. The molecule has 0 unspecified atom stereocenters. The Labute approximate surface area is 120 Å². The Bertz CT molecular complexity index is 688. The lowest BCUT2D eigenvalue weighted by atomic mass is 10.1. The molecule has 6 heteroatoms. The number of hydrogen-bond acceptors (Lipinski definition) is 5. The Morgan fingerprint density at radius 3 is 2.75 bits per heavy atom. The predicted molar refractivity (Wildman–Crippen MR) is 77.9 cm³/mol. The number of nitro groups is 1. The summed E-state index contributed by atoms with van der Waals surface area (Å²) < 4.78 is 0. The molecule has 0 fully saturated rings. The Morgan fingerprint density at radius 2 is 2.00 bits per heavy atom. The lowest BCUT2D eigenvalue weighted by molar-refractivity contribution is -0.384. The van der Waals surface area contributed by atoms with E-state index in [4.69, 9.17) is 5.73 Å². The Kier molecular flexibility index (Phi) is 3.31. The third-order valence-corrected chi connectivity index (χ3v) is 4.29. The average molecular weight is 287 g/mol. The predicted octanol–water partition coefficient (Wildman–Crippen LogP) is 3.21. The van der Waals surface area contributed by atoms with Crippen molar-refractivity contribution >= 4 is 23.3 Å². The van der Waals surface area contributed by atoms with Gasteiger partial charge in [-0.25, -0.2) is 4.98 Å². The van der Waals surface area contributed by atoms with Gasteiger partial charge in [0.05, 0.1) is 4.92 Å². The molecule has 3 rings (SSSR count). The maximum atomic E-state index is 10.7. The van der Waals surface area contributed by atoms with Gasteiger partial charge in [0.25, 0.3) is 0 Å². The molecular weight excluding hydrogens is 274 g/mol. The Balaban J connectivity index is 1.84. The second-order valence-electron chi connectivity index (χ2n) is 4.70. The van der Waals surface area contributed by atoms with Crippen LogP contribution in [0.3, 0.4) is 0 Å². The topological polar surface area (TPSA) is 82.0 Å². The summed E-state index contributed by atoms with van der Waals surface area (Å²) in [5.41, 5.74) is 8.27. The van der Waals surface area contributed by atoms with Crippen LogP contribution in [-0.4, -0.2) is 9.91 Å². The normalized spacial score (nSPS) is 13.2. The van der Waals surface area contributed by atoms with Crippen molar-refractivity contribution in [3.8, 4) is 0 Å². The lowest BCUT2D eigenvalue weighted by Crippen LogP contribution is -1.98. The summed E-state index contributed by atoms with van der Waals surface area (Å²) in [6, 6.07) is 9.42. The third-order valence-electron chi connectivity index (χ3n) is 3.37. The first-order valence-corrected chi connectivity index (χ1v) is 7.16. The van der Waals surface area contributed by atoms with E-state index in [0.29, 0.717) is 5.03 Å². The van der Waals surface area contributed by atoms with Gasteiger partial charge in [0.15, 0.2) is 0 Å². The van der Waals surface area contributed by atoms with Crippen LogP contribution in [-0.2, 0) is 12.8 Å². The second kappa shape index (κ2) is 5.13. The number of aromatic nitrogens is 1. The average Bonchev–Trinajstić information content (AvgIpc) is 2.85. The van der Waals surface area contributed by atoms with E-state index in [1.165, 1.54) is 35.4 Å². The largest absolute Gasteiger partial charge is 0.378 e. The van der Waals surface area contributed by atoms with Crippen LogP contribution in [0.4, 0.5) is 11.5 Å². The molecule has 0 atom stereocenters. The van der Waals surface area contributed by atoms with Gasteiger partial charge in [-0.15, -0.1) is 0 Å². The molecule has 0 saturated carbocycles. The standard InChI is InChI=1S/C14H13N3O2S/c15-14-12(17(18)19)6-7-13(16-14)20-11-5-4-9-2-1-3-10(9)8-11/h4-8H,1-3H2,(H2,15,16). The molecule has 1 aliphatic carbocycles. The van der Waals surface area contributed by atoms with E-state index >= 15 is 0 Å². The van der Waals surface area contributed by atoms with Crippen molar-refractivity contribution in [2.75, 3.05) is 5.73 Å². The number of nitrogens with two attached hydrogens (primary N) is 1. The number of hydrogen-bond donors (Lipinski definition) is 1. The Hall–Kier alpha value is -2.08. The molecule has 0 saturated heterocycles. The summed E-state index contributed by atoms with van der Waals surface area (Å²) in [7, 11) is 0. The van der Waals surface area contributed by atoms with Crippen molar-refractivity contribution in [2.45, 2.75) is 29.2 Å². The fourth-order valence-electron chi connectivity index (χ4n) is 2.39. The molecule has 0 radical (unpaired) electrons. The minimum absolute atomic E-state index is 0.0406. The van der Waals surface area contributed by atoms with Crippen LogP contribution in [0.25, 0.3) is 0 Å². The zero-order chi connectivity index (χ0) is 14.1. The maximum Gasteiger partial charge on any atom is 0.311 e. The molecule has 0 aliphatic heterocycles. The summed E-state index contributed by atoms with van der Waals surface area (Å²) in [6.45, 7) is 0. The Morgan fingerprint density at radius 1 is 1.20 bits per heavy atom. The molecule has 0 bridgehead atoms. The van der Waals surface area contributed by atoms with Crippen molar-refractivity contribution < 1.29 is 4.92 Å². The summed E-state index contributed by atoms with van der Waals surface area (Å²) >= 11 is 1.47. The number of nitrogen functional groups attached to an aromatic ring is 1. The molecule has 2 N–H and O–H groups in total. The van der Waals surface area contributed by atoms with E-state index in [1.807, 2.05) is 0 Å². The van der Waals surface area contributed by atoms with Crippen molar-refractivity contribution in [2.24, 2.45) is 0 Å². The highest BCUT2D eigenvalue weighted by atomic mass is 32.2. The van der Waals surface area contributed by atoms with Crippen LogP contribution in [0.1, 0.15) is 17.5 Å². The van der Waals surface area contributed by atoms with Crippen LogP contribution >= 0.6 is 11.8 Å². The van der Waals surface area contributed by atoms with Crippen LogP contribution in [0, 0.1) is 10.1 Å². The number of nitrogens with zero attached hydrogens (tertiary/aromatic N) is 2. The van der Waals surface area contributed by atoms with Gasteiger partial charge in [-0.3, -0.25) is 10.1 Å². The van der Waals surface area contributed by atoms with E-state index in [2.05, 4.69) is 23.2 Å². The van der Waals surface area contributed by atoms with Crippen molar-refractivity contribution in [3.63, 3.8) is 0 Å². The monoisotopic (exact) mass is 287 g/mol. The van der Waals surface area contributed by atoms with E-state index in [-0.39, 0.29) is 11.5 Å². The zero-order valence-electron chi connectivity index (χ0n) is 10.7. The van der Waals surface area contributed by atoms with E-state index in [9.17, 15) is 10.1 Å². The summed E-state index contributed by atoms with van der Waals surface area (Å²) in [5, 5.41) is 11.4. The number of pyridine rings is 1. The van der Waals surface area contributed by atoms with Crippen molar-refractivity contribution in [1.29, 1.82) is 0 Å². The first kappa shape index (κ1) is 12.9.